The van der Waals surface area contributed by atoms with Crippen molar-refractivity contribution in [1.29, 1.82) is 0 Å². The Morgan fingerprint density at radius 2 is 1.33 bits per heavy atom. The fourth-order valence-electron chi connectivity index (χ4n) is 1.89. The molecule has 0 N–H and O–H groups in total. The predicted octanol–water partition coefficient (Wildman–Crippen LogP) is 4.80. The average molecular weight is 340 g/mol. The summed E-state index contributed by atoms with van der Waals surface area (Å²) in [5.41, 5.74) is 0. The number of carbonyl (C=O) groups excluding carboxylic acids is 1. The lowest BCUT2D eigenvalue weighted by molar-refractivity contribution is -0.140. The van der Waals surface area contributed by atoms with E-state index in [1.807, 2.05) is 0 Å². The Kier molecular flexibility index (Phi) is 13.6. The van der Waals surface area contributed by atoms with Gasteiger partial charge in [-0.25, -0.2) is 4.57 Å². The lowest BCUT2D eigenvalue weighted by Crippen LogP contribution is -1.99. The van der Waals surface area contributed by atoms with Gasteiger partial charge in [-0.1, -0.05) is 38.5 Å². The minimum Gasteiger partial charge on any atom is -0.469 e. The molecule has 0 spiro atoms. The summed E-state index contributed by atoms with van der Waals surface area (Å²) in [5.74, 6) is 0.690. The zero-order valence-electron chi connectivity index (χ0n) is 13.5. The molecule has 0 bridgehead atoms. The van der Waals surface area contributed by atoms with E-state index in [1.54, 1.807) is 0 Å². The van der Waals surface area contributed by atoms with Gasteiger partial charge < -0.3 is 13.8 Å². The van der Waals surface area contributed by atoms with E-state index in [-0.39, 0.29) is 5.97 Å². The second-order valence-electron chi connectivity index (χ2n) is 4.80. The molecule has 0 saturated carbocycles. The van der Waals surface area contributed by atoms with Crippen LogP contribution in [0.5, 0.6) is 0 Å². The molecule has 7 heteroatoms. The molecule has 21 heavy (non-hydrogen) atoms. The molecule has 0 radical (unpaired) electrons. The molecular weight excluding hydrogens is 311 g/mol. The van der Waals surface area contributed by atoms with Crippen LogP contribution in [0.1, 0.15) is 57.8 Å². The van der Waals surface area contributed by atoms with Crippen LogP contribution in [-0.4, -0.2) is 33.1 Å². The molecule has 0 aliphatic heterocycles. The zero-order valence-corrected chi connectivity index (χ0v) is 15.2. The standard InChI is InChI=1S/C14H29O5PS/c1-17-14(15)12-10-8-6-4-5-7-9-11-13-21-20(16,18-2)19-3/h4-13H2,1-3H3. The molecule has 0 aliphatic rings. The van der Waals surface area contributed by atoms with Crippen molar-refractivity contribution in [3.8, 4) is 0 Å². The van der Waals surface area contributed by atoms with Crippen molar-refractivity contribution in [2.24, 2.45) is 0 Å². The Labute approximate surface area is 132 Å². The van der Waals surface area contributed by atoms with Gasteiger partial charge in [0.15, 0.2) is 0 Å². The van der Waals surface area contributed by atoms with E-state index < -0.39 is 6.80 Å². The Balaban J connectivity index is 3.26. The number of esters is 1. The van der Waals surface area contributed by atoms with Crippen LogP contribution in [0.4, 0.5) is 0 Å². The maximum absolute atomic E-state index is 11.7. The lowest BCUT2D eigenvalue weighted by Gasteiger charge is -2.11. The first-order valence-corrected chi connectivity index (χ1v) is 10.6. The van der Waals surface area contributed by atoms with E-state index in [1.165, 1.54) is 58.4 Å². The molecule has 0 rings (SSSR count). The van der Waals surface area contributed by atoms with E-state index in [2.05, 4.69) is 4.74 Å². The third-order valence-corrected chi connectivity index (χ3v) is 7.27. The topological polar surface area (TPSA) is 61.8 Å². The number of unbranched alkanes of at least 4 members (excludes halogenated alkanes) is 7. The van der Waals surface area contributed by atoms with Crippen LogP contribution in [0, 0.1) is 0 Å². The highest BCUT2D eigenvalue weighted by atomic mass is 32.7. The molecule has 126 valence electrons. The Morgan fingerprint density at radius 3 is 1.81 bits per heavy atom. The largest absolute Gasteiger partial charge is 0.469 e. The molecule has 0 heterocycles. The van der Waals surface area contributed by atoms with Gasteiger partial charge >= 0.3 is 12.8 Å². The van der Waals surface area contributed by atoms with Crippen molar-refractivity contribution in [1.82, 2.24) is 0 Å². The van der Waals surface area contributed by atoms with Crippen molar-refractivity contribution in [2.45, 2.75) is 57.8 Å². The Morgan fingerprint density at radius 1 is 0.857 bits per heavy atom. The molecule has 0 fully saturated rings. The summed E-state index contributed by atoms with van der Waals surface area (Å²) in [6.45, 7) is -2.89. The quantitative estimate of drug-likeness (QED) is 0.257. The molecule has 5 nitrogen and oxygen atoms in total. The number of ether oxygens (including phenoxy) is 1. The lowest BCUT2D eigenvalue weighted by atomic mass is 10.1. The molecule has 0 amide bonds. The maximum atomic E-state index is 11.7. The molecule has 0 aliphatic carbocycles. The summed E-state index contributed by atoms with van der Waals surface area (Å²) in [7, 11) is 4.26. The minimum absolute atomic E-state index is 0.114. The Bertz CT molecular complexity index is 304. The number of carbonyl (C=O) groups is 1. The van der Waals surface area contributed by atoms with E-state index in [0.717, 1.165) is 31.4 Å². The van der Waals surface area contributed by atoms with E-state index >= 15 is 0 Å². The highest BCUT2D eigenvalue weighted by Crippen LogP contribution is 2.59. The number of methoxy groups -OCH3 is 1. The van der Waals surface area contributed by atoms with E-state index in [9.17, 15) is 9.36 Å². The van der Waals surface area contributed by atoms with Crippen LogP contribution in [0.3, 0.4) is 0 Å². The molecule has 0 aromatic carbocycles. The third-order valence-electron chi connectivity index (χ3n) is 3.20. The average Bonchev–Trinajstić information content (AvgIpc) is 2.51. The van der Waals surface area contributed by atoms with E-state index in [4.69, 9.17) is 9.05 Å². The van der Waals surface area contributed by atoms with Gasteiger partial charge in [0.1, 0.15) is 0 Å². The smallest absolute Gasteiger partial charge is 0.388 e. The van der Waals surface area contributed by atoms with Gasteiger partial charge in [0.2, 0.25) is 0 Å². The summed E-state index contributed by atoms with van der Waals surface area (Å²) < 4.78 is 26.1. The molecule has 0 aromatic heterocycles. The molecular formula is C14H29O5PS. The normalized spacial score (nSPS) is 11.6. The summed E-state index contributed by atoms with van der Waals surface area (Å²) in [6.07, 6.45) is 9.52. The van der Waals surface area contributed by atoms with Crippen LogP contribution < -0.4 is 0 Å². The molecule has 0 saturated heterocycles. The third kappa shape index (κ3) is 12.2. The van der Waals surface area contributed by atoms with Gasteiger partial charge in [0.25, 0.3) is 0 Å². The number of hydrogen-bond donors (Lipinski definition) is 0. The molecule has 0 atom stereocenters. The fourth-order valence-corrected chi connectivity index (χ4v) is 4.50. The highest BCUT2D eigenvalue weighted by molar-refractivity contribution is 8.55. The van der Waals surface area contributed by atoms with Gasteiger partial charge in [-0.05, 0) is 24.2 Å². The van der Waals surface area contributed by atoms with Crippen LogP contribution in [0.25, 0.3) is 0 Å². The first kappa shape index (κ1) is 21.0. The zero-order chi connectivity index (χ0) is 16.0. The van der Waals surface area contributed by atoms with Crippen LogP contribution in [0.15, 0.2) is 0 Å². The van der Waals surface area contributed by atoms with Gasteiger partial charge in [0.05, 0.1) is 7.11 Å². The van der Waals surface area contributed by atoms with Crippen molar-refractivity contribution < 1.29 is 23.1 Å². The van der Waals surface area contributed by atoms with Crippen molar-refractivity contribution >= 4 is 24.1 Å². The van der Waals surface area contributed by atoms with Gasteiger partial charge in [0, 0.05) is 26.4 Å². The van der Waals surface area contributed by atoms with Gasteiger partial charge in [-0.15, -0.1) is 0 Å². The summed E-state index contributed by atoms with van der Waals surface area (Å²) >= 11 is 1.27. The van der Waals surface area contributed by atoms with Gasteiger partial charge in [-0.2, -0.15) is 0 Å². The van der Waals surface area contributed by atoms with Crippen molar-refractivity contribution in [3.05, 3.63) is 0 Å². The van der Waals surface area contributed by atoms with Crippen molar-refractivity contribution in [2.75, 3.05) is 27.1 Å². The summed E-state index contributed by atoms with van der Waals surface area (Å²) in [4.78, 5) is 10.9. The van der Waals surface area contributed by atoms with Crippen LogP contribution >= 0.6 is 18.2 Å². The van der Waals surface area contributed by atoms with E-state index in [0.29, 0.717) is 6.42 Å². The highest BCUT2D eigenvalue weighted by Gasteiger charge is 2.20. The molecule has 0 aromatic rings. The van der Waals surface area contributed by atoms with Crippen LogP contribution in [0.2, 0.25) is 0 Å². The SMILES string of the molecule is COC(=O)CCCCCCCCCCSP(=O)(OC)OC. The Hall–Kier alpha value is -0.0300. The van der Waals surface area contributed by atoms with Crippen LogP contribution in [-0.2, 0) is 23.1 Å². The molecule has 0 unspecified atom stereocenters. The van der Waals surface area contributed by atoms with Gasteiger partial charge in [-0.3, -0.25) is 4.79 Å². The minimum atomic E-state index is -2.89. The van der Waals surface area contributed by atoms with Crippen molar-refractivity contribution in [3.63, 3.8) is 0 Å². The first-order chi connectivity index (χ1) is 10.1. The monoisotopic (exact) mass is 340 g/mol. The summed E-state index contributed by atoms with van der Waals surface area (Å²) in [5, 5.41) is 0. The number of rotatable bonds is 14. The number of hydrogen-bond acceptors (Lipinski definition) is 6. The maximum Gasteiger partial charge on any atom is 0.388 e. The predicted molar refractivity (Wildman–Crippen MR) is 87.7 cm³/mol. The fraction of sp³-hybridized carbons (Fsp3) is 0.929. The second-order valence-corrected chi connectivity index (χ2v) is 9.21. The summed E-state index contributed by atoms with van der Waals surface area (Å²) in [6, 6.07) is 0. The second kappa shape index (κ2) is 13.6. The first-order valence-electron chi connectivity index (χ1n) is 7.51.